The molecule has 5 heteroatoms. The average Bonchev–Trinajstić information content (AvgIpc) is 2.20. The molecule has 0 amide bonds. The smallest absolute Gasteiger partial charge is 0.189 e. The van der Waals surface area contributed by atoms with Gasteiger partial charge in [0.1, 0.15) is 5.82 Å². The Balaban J connectivity index is 2.77. The minimum Gasteiger partial charge on any atom is -0.378 e. The summed E-state index contributed by atoms with van der Waals surface area (Å²) in [6.07, 6.45) is 0. The third-order valence-corrected chi connectivity index (χ3v) is 2.67. The molecule has 2 aromatic rings. The fourth-order valence-corrected chi connectivity index (χ4v) is 1.99. The molecular weight excluding hydrogens is 277 g/mol. The van der Waals surface area contributed by atoms with E-state index in [1.807, 2.05) is 0 Å². The summed E-state index contributed by atoms with van der Waals surface area (Å²) in [5.74, 6) is -0.459. The second-order valence-corrected chi connectivity index (χ2v) is 4.32. The van der Waals surface area contributed by atoms with E-state index < -0.39 is 5.82 Å². The Morgan fingerprint density at radius 1 is 1.44 bits per heavy atom. The third-order valence-electron chi connectivity index (χ3n) is 2.21. The molecule has 3 nitrogen and oxygen atoms in total. The molecule has 0 aliphatic heterocycles. The van der Waals surface area contributed by atoms with Gasteiger partial charge >= 0.3 is 0 Å². The highest BCUT2D eigenvalue weighted by Crippen LogP contribution is 2.19. The first-order valence-electron chi connectivity index (χ1n) is 4.61. The van der Waals surface area contributed by atoms with Gasteiger partial charge in [-0.25, -0.2) is 4.39 Å². The van der Waals surface area contributed by atoms with Gasteiger partial charge in [-0.2, -0.15) is 0 Å². The number of fused-ring (bicyclic) bond motifs is 1. The van der Waals surface area contributed by atoms with Crippen molar-refractivity contribution >= 4 is 26.8 Å². The highest BCUT2D eigenvalue weighted by molar-refractivity contribution is 9.10. The molecule has 1 N–H and O–H groups in total. The van der Waals surface area contributed by atoms with Crippen molar-refractivity contribution in [3.05, 3.63) is 44.4 Å². The molecule has 1 aromatic carbocycles. The molecule has 0 saturated carbocycles. The molecule has 2 rings (SSSR count). The number of aromatic amines is 1. The SMILES string of the molecule is COCc1cc(=O)c2cc(Br)cc(F)c2[nH]1. The van der Waals surface area contributed by atoms with Gasteiger partial charge in [0.2, 0.25) is 0 Å². The van der Waals surface area contributed by atoms with Crippen molar-refractivity contribution in [2.45, 2.75) is 6.61 Å². The molecule has 16 heavy (non-hydrogen) atoms. The zero-order valence-corrected chi connectivity index (χ0v) is 10.1. The maximum absolute atomic E-state index is 13.6. The van der Waals surface area contributed by atoms with Crippen LogP contribution in [0.4, 0.5) is 4.39 Å². The summed E-state index contributed by atoms with van der Waals surface area (Å²) < 4.78 is 19.0. The molecule has 0 spiro atoms. The molecule has 0 radical (unpaired) electrons. The van der Waals surface area contributed by atoms with Gasteiger partial charge in [0.25, 0.3) is 0 Å². The van der Waals surface area contributed by atoms with Crippen molar-refractivity contribution in [1.29, 1.82) is 0 Å². The van der Waals surface area contributed by atoms with E-state index in [0.29, 0.717) is 15.6 Å². The number of H-pyrrole nitrogens is 1. The first kappa shape index (κ1) is 11.3. The van der Waals surface area contributed by atoms with Crippen LogP contribution >= 0.6 is 15.9 Å². The van der Waals surface area contributed by atoms with Gasteiger partial charge in [0.05, 0.1) is 12.1 Å². The van der Waals surface area contributed by atoms with Crippen LogP contribution in [0.1, 0.15) is 5.69 Å². The molecule has 84 valence electrons. The number of nitrogens with one attached hydrogen (secondary N) is 1. The number of aromatic nitrogens is 1. The maximum Gasteiger partial charge on any atom is 0.189 e. The summed E-state index contributed by atoms with van der Waals surface area (Å²) in [5, 5.41) is 0.326. The fourth-order valence-electron chi connectivity index (χ4n) is 1.56. The minimum atomic E-state index is -0.459. The third kappa shape index (κ3) is 2.01. The Hall–Kier alpha value is -1.20. The number of hydrogen-bond acceptors (Lipinski definition) is 2. The van der Waals surface area contributed by atoms with Crippen molar-refractivity contribution in [1.82, 2.24) is 4.98 Å². The van der Waals surface area contributed by atoms with E-state index in [0.717, 1.165) is 0 Å². The quantitative estimate of drug-likeness (QED) is 0.922. The standard InChI is InChI=1S/C11H9BrFNO2/c1-16-5-7-4-10(15)8-2-6(12)3-9(13)11(8)14-7/h2-4H,5H2,1H3,(H,14,15). The number of methoxy groups -OCH3 is 1. The number of ether oxygens (including phenoxy) is 1. The van der Waals surface area contributed by atoms with E-state index >= 15 is 0 Å². The molecule has 0 unspecified atom stereocenters. The summed E-state index contributed by atoms with van der Waals surface area (Å²) in [6.45, 7) is 0.251. The van der Waals surface area contributed by atoms with Gasteiger partial charge in [-0.15, -0.1) is 0 Å². The van der Waals surface area contributed by atoms with Crippen molar-refractivity contribution in [2.24, 2.45) is 0 Å². The van der Waals surface area contributed by atoms with Crippen molar-refractivity contribution in [3.8, 4) is 0 Å². The monoisotopic (exact) mass is 285 g/mol. The summed E-state index contributed by atoms with van der Waals surface area (Å²) in [7, 11) is 1.51. The Labute approximate surface area is 99.4 Å². The number of hydrogen-bond donors (Lipinski definition) is 1. The zero-order valence-electron chi connectivity index (χ0n) is 8.51. The van der Waals surface area contributed by atoms with Crippen molar-refractivity contribution in [3.63, 3.8) is 0 Å². The van der Waals surface area contributed by atoms with Crippen LogP contribution < -0.4 is 5.43 Å². The second-order valence-electron chi connectivity index (χ2n) is 3.40. The largest absolute Gasteiger partial charge is 0.378 e. The van der Waals surface area contributed by atoms with Gasteiger partial charge < -0.3 is 9.72 Å². The van der Waals surface area contributed by atoms with Crippen LogP contribution in [0.25, 0.3) is 10.9 Å². The minimum absolute atomic E-state index is 0.211. The summed E-state index contributed by atoms with van der Waals surface area (Å²) in [4.78, 5) is 14.6. The number of rotatable bonds is 2. The lowest BCUT2D eigenvalue weighted by molar-refractivity contribution is 0.181. The predicted octanol–water partition coefficient (Wildman–Crippen LogP) is 2.58. The molecule has 1 aromatic heterocycles. The molecule has 0 fully saturated rings. The Morgan fingerprint density at radius 2 is 2.19 bits per heavy atom. The fraction of sp³-hybridized carbons (Fsp3) is 0.182. The zero-order chi connectivity index (χ0) is 11.7. The van der Waals surface area contributed by atoms with Crippen LogP contribution in [-0.2, 0) is 11.3 Å². The molecule has 0 aliphatic carbocycles. The van der Waals surface area contributed by atoms with Crippen LogP contribution in [0.2, 0.25) is 0 Å². The second kappa shape index (κ2) is 4.35. The highest BCUT2D eigenvalue weighted by Gasteiger charge is 2.07. The molecular formula is C11H9BrFNO2. The number of pyridine rings is 1. The molecule has 0 atom stereocenters. The Morgan fingerprint density at radius 3 is 2.88 bits per heavy atom. The van der Waals surface area contributed by atoms with Gasteiger partial charge in [0.15, 0.2) is 5.43 Å². The topological polar surface area (TPSA) is 42.1 Å². The van der Waals surface area contributed by atoms with Crippen molar-refractivity contribution in [2.75, 3.05) is 7.11 Å². The Kier molecular flexibility index (Phi) is 3.07. The Bertz CT molecular complexity index is 594. The first-order chi connectivity index (χ1) is 7.61. The first-order valence-corrected chi connectivity index (χ1v) is 5.41. The van der Waals surface area contributed by atoms with Crippen LogP contribution in [0, 0.1) is 5.82 Å². The lowest BCUT2D eigenvalue weighted by Crippen LogP contribution is -2.07. The van der Waals surface area contributed by atoms with Crippen LogP contribution in [0.5, 0.6) is 0 Å². The van der Waals surface area contributed by atoms with Gasteiger partial charge in [0, 0.05) is 28.7 Å². The molecule has 0 bridgehead atoms. The highest BCUT2D eigenvalue weighted by atomic mass is 79.9. The van der Waals surface area contributed by atoms with Gasteiger partial charge in [-0.05, 0) is 12.1 Å². The van der Waals surface area contributed by atoms with E-state index in [4.69, 9.17) is 4.74 Å². The summed E-state index contributed by atoms with van der Waals surface area (Å²) in [6, 6.07) is 4.32. The lowest BCUT2D eigenvalue weighted by atomic mass is 10.2. The lowest BCUT2D eigenvalue weighted by Gasteiger charge is -2.04. The molecule has 1 heterocycles. The van der Waals surface area contributed by atoms with Crippen LogP contribution in [0.3, 0.4) is 0 Å². The van der Waals surface area contributed by atoms with E-state index in [9.17, 15) is 9.18 Å². The van der Waals surface area contributed by atoms with Crippen LogP contribution in [0.15, 0.2) is 27.5 Å². The average molecular weight is 286 g/mol. The van der Waals surface area contributed by atoms with E-state index in [2.05, 4.69) is 20.9 Å². The maximum atomic E-state index is 13.6. The molecule has 0 aliphatic rings. The summed E-state index contributed by atoms with van der Waals surface area (Å²) >= 11 is 3.15. The van der Waals surface area contributed by atoms with E-state index in [-0.39, 0.29) is 17.6 Å². The summed E-state index contributed by atoms with van der Waals surface area (Å²) in [5.41, 5.74) is 0.546. The molecule has 0 saturated heterocycles. The predicted molar refractivity (Wildman–Crippen MR) is 62.9 cm³/mol. The van der Waals surface area contributed by atoms with Gasteiger partial charge in [-0.1, -0.05) is 15.9 Å². The van der Waals surface area contributed by atoms with E-state index in [1.165, 1.54) is 19.2 Å². The van der Waals surface area contributed by atoms with Crippen molar-refractivity contribution < 1.29 is 9.13 Å². The normalized spacial score (nSPS) is 10.9. The van der Waals surface area contributed by atoms with E-state index in [1.54, 1.807) is 6.07 Å². The van der Waals surface area contributed by atoms with Crippen LogP contribution in [-0.4, -0.2) is 12.1 Å². The number of halogens is 2. The van der Waals surface area contributed by atoms with Gasteiger partial charge in [-0.3, -0.25) is 4.79 Å². The number of benzene rings is 1.